The van der Waals surface area contributed by atoms with Crippen molar-refractivity contribution in [1.82, 2.24) is 10.6 Å². The molecule has 2 aromatic rings. The first-order valence-corrected chi connectivity index (χ1v) is 7.14. The number of furan rings is 1. The molecular weight excluding hydrogens is 292 g/mol. The molecule has 0 fully saturated rings. The molecular formula is C15H17ClN2O3. The minimum atomic E-state index is -0.411. The number of nitrogens with one attached hydrogen (secondary N) is 2. The maximum absolute atomic E-state index is 12.1. The van der Waals surface area contributed by atoms with Gasteiger partial charge >= 0.3 is 0 Å². The molecule has 0 radical (unpaired) electrons. The lowest BCUT2D eigenvalue weighted by molar-refractivity contribution is -0.120. The van der Waals surface area contributed by atoms with Gasteiger partial charge in [-0.2, -0.15) is 0 Å². The summed E-state index contributed by atoms with van der Waals surface area (Å²) in [5.74, 6) is -0.427. The van der Waals surface area contributed by atoms with E-state index < -0.39 is 5.91 Å². The molecule has 0 saturated heterocycles. The zero-order valence-corrected chi connectivity index (χ0v) is 12.7. The van der Waals surface area contributed by atoms with Crippen LogP contribution in [0.25, 0.3) is 11.0 Å². The highest BCUT2D eigenvalue weighted by molar-refractivity contribution is 6.31. The van der Waals surface area contributed by atoms with Crippen molar-refractivity contribution in [2.45, 2.75) is 20.3 Å². The van der Waals surface area contributed by atoms with Crippen molar-refractivity contribution >= 4 is 34.4 Å². The van der Waals surface area contributed by atoms with E-state index >= 15 is 0 Å². The van der Waals surface area contributed by atoms with Crippen LogP contribution in [0.15, 0.2) is 22.6 Å². The van der Waals surface area contributed by atoms with E-state index in [0.717, 1.165) is 11.8 Å². The van der Waals surface area contributed by atoms with Crippen molar-refractivity contribution in [3.05, 3.63) is 34.5 Å². The molecule has 0 spiro atoms. The fourth-order valence-corrected chi connectivity index (χ4v) is 2.15. The lowest BCUT2D eigenvalue weighted by atomic mass is 10.1. The van der Waals surface area contributed by atoms with Crippen LogP contribution in [0.3, 0.4) is 0 Å². The Bertz CT molecular complexity index is 679. The Hall–Kier alpha value is -2.01. The predicted molar refractivity (Wildman–Crippen MR) is 81.6 cm³/mol. The lowest BCUT2D eigenvalue weighted by Gasteiger charge is -2.04. The molecule has 2 amide bonds. The number of aryl methyl sites for hydroxylation is 1. The van der Waals surface area contributed by atoms with Gasteiger partial charge in [-0.1, -0.05) is 18.5 Å². The number of carbonyl (C=O) groups excluding carboxylic acids is 2. The summed E-state index contributed by atoms with van der Waals surface area (Å²) < 4.78 is 5.53. The molecule has 0 aliphatic carbocycles. The fraction of sp³-hybridized carbons (Fsp3) is 0.333. The number of benzene rings is 1. The van der Waals surface area contributed by atoms with Crippen molar-refractivity contribution in [1.29, 1.82) is 0 Å². The Kier molecular flexibility index (Phi) is 4.85. The molecule has 2 rings (SSSR count). The first-order valence-electron chi connectivity index (χ1n) is 6.76. The van der Waals surface area contributed by atoms with Gasteiger partial charge < -0.3 is 15.1 Å². The maximum Gasteiger partial charge on any atom is 0.287 e. The summed E-state index contributed by atoms with van der Waals surface area (Å²) in [6.45, 7) is 4.27. The summed E-state index contributed by atoms with van der Waals surface area (Å²) in [6.07, 6.45) is 0.850. The number of carbonyl (C=O) groups is 2. The molecule has 0 atom stereocenters. The van der Waals surface area contributed by atoms with Gasteiger partial charge in [-0.25, -0.2) is 0 Å². The fourth-order valence-electron chi connectivity index (χ4n) is 1.98. The van der Waals surface area contributed by atoms with E-state index in [0.29, 0.717) is 22.7 Å². The van der Waals surface area contributed by atoms with Crippen molar-refractivity contribution in [3.8, 4) is 0 Å². The molecule has 0 aliphatic rings. The molecule has 1 heterocycles. The van der Waals surface area contributed by atoms with Gasteiger partial charge in [-0.15, -0.1) is 0 Å². The second kappa shape index (κ2) is 6.63. The van der Waals surface area contributed by atoms with Gasteiger partial charge in [0.15, 0.2) is 5.76 Å². The Balaban J connectivity index is 2.09. The van der Waals surface area contributed by atoms with E-state index in [-0.39, 0.29) is 18.2 Å². The zero-order chi connectivity index (χ0) is 15.4. The summed E-state index contributed by atoms with van der Waals surface area (Å²) in [5.41, 5.74) is 1.30. The molecule has 6 heteroatoms. The Morgan fingerprint density at radius 2 is 2.05 bits per heavy atom. The van der Waals surface area contributed by atoms with E-state index in [4.69, 9.17) is 16.0 Å². The molecule has 5 nitrogen and oxygen atoms in total. The predicted octanol–water partition coefficient (Wildman–Crippen LogP) is 2.65. The summed E-state index contributed by atoms with van der Waals surface area (Å²) >= 11 is 5.94. The summed E-state index contributed by atoms with van der Waals surface area (Å²) in [6, 6.07) is 5.17. The number of amides is 2. The number of rotatable bonds is 5. The van der Waals surface area contributed by atoms with Crippen molar-refractivity contribution in [3.63, 3.8) is 0 Å². The van der Waals surface area contributed by atoms with E-state index in [9.17, 15) is 9.59 Å². The third kappa shape index (κ3) is 3.55. The Labute approximate surface area is 127 Å². The van der Waals surface area contributed by atoms with Crippen molar-refractivity contribution in [2.75, 3.05) is 13.1 Å². The van der Waals surface area contributed by atoms with Crippen LogP contribution < -0.4 is 10.6 Å². The van der Waals surface area contributed by atoms with E-state index in [1.165, 1.54) is 0 Å². The standard InChI is InChI=1S/C15H17ClN2O3/c1-3-6-17-13(19)8-18-15(20)14-9(2)11-7-10(16)4-5-12(11)21-14/h4-5,7H,3,6,8H2,1-2H3,(H,17,19)(H,18,20). The highest BCUT2D eigenvalue weighted by Crippen LogP contribution is 2.27. The number of fused-ring (bicyclic) bond motifs is 1. The van der Waals surface area contributed by atoms with Gasteiger partial charge in [0.2, 0.25) is 5.91 Å². The molecule has 21 heavy (non-hydrogen) atoms. The van der Waals surface area contributed by atoms with E-state index in [1.807, 2.05) is 6.92 Å². The van der Waals surface area contributed by atoms with Gasteiger partial charge in [0.25, 0.3) is 5.91 Å². The minimum Gasteiger partial charge on any atom is -0.451 e. The first-order chi connectivity index (χ1) is 10.0. The van der Waals surface area contributed by atoms with Crippen LogP contribution in [0.1, 0.15) is 29.5 Å². The smallest absolute Gasteiger partial charge is 0.287 e. The zero-order valence-electron chi connectivity index (χ0n) is 12.0. The average molecular weight is 309 g/mol. The largest absolute Gasteiger partial charge is 0.451 e. The highest BCUT2D eigenvalue weighted by Gasteiger charge is 2.18. The molecule has 2 N–H and O–H groups in total. The van der Waals surface area contributed by atoms with Crippen LogP contribution in [0.2, 0.25) is 5.02 Å². The summed E-state index contributed by atoms with van der Waals surface area (Å²) in [7, 11) is 0. The molecule has 0 saturated carbocycles. The van der Waals surface area contributed by atoms with Crippen LogP contribution in [-0.4, -0.2) is 24.9 Å². The first kappa shape index (κ1) is 15.4. The molecule has 0 bridgehead atoms. The number of halogens is 1. The van der Waals surface area contributed by atoms with Crippen LogP contribution in [0.5, 0.6) is 0 Å². The maximum atomic E-state index is 12.1. The monoisotopic (exact) mass is 308 g/mol. The lowest BCUT2D eigenvalue weighted by Crippen LogP contribution is -2.37. The van der Waals surface area contributed by atoms with Gasteiger partial charge in [0.1, 0.15) is 5.58 Å². The molecule has 1 aromatic carbocycles. The third-order valence-electron chi connectivity index (χ3n) is 3.09. The van der Waals surface area contributed by atoms with Gasteiger partial charge in [0, 0.05) is 22.5 Å². The number of hydrogen-bond acceptors (Lipinski definition) is 3. The van der Waals surface area contributed by atoms with Crippen molar-refractivity contribution in [2.24, 2.45) is 0 Å². The quantitative estimate of drug-likeness (QED) is 0.892. The highest BCUT2D eigenvalue weighted by atomic mass is 35.5. The van der Waals surface area contributed by atoms with Gasteiger partial charge in [-0.3, -0.25) is 9.59 Å². The Morgan fingerprint density at radius 3 is 2.76 bits per heavy atom. The summed E-state index contributed by atoms with van der Waals surface area (Å²) in [4.78, 5) is 23.5. The molecule has 0 aliphatic heterocycles. The van der Waals surface area contributed by atoms with Crippen LogP contribution in [0, 0.1) is 6.92 Å². The normalized spacial score (nSPS) is 10.6. The summed E-state index contributed by atoms with van der Waals surface area (Å²) in [5, 5.41) is 6.61. The van der Waals surface area contributed by atoms with Crippen LogP contribution in [-0.2, 0) is 4.79 Å². The van der Waals surface area contributed by atoms with Crippen molar-refractivity contribution < 1.29 is 14.0 Å². The minimum absolute atomic E-state index is 0.0733. The van der Waals surface area contributed by atoms with E-state index in [1.54, 1.807) is 25.1 Å². The number of hydrogen-bond donors (Lipinski definition) is 2. The SMILES string of the molecule is CCCNC(=O)CNC(=O)c1oc2ccc(Cl)cc2c1C. The second-order valence-corrected chi connectivity index (χ2v) is 5.17. The molecule has 1 aromatic heterocycles. The average Bonchev–Trinajstić information content (AvgIpc) is 2.79. The molecule has 112 valence electrons. The molecule has 0 unspecified atom stereocenters. The third-order valence-corrected chi connectivity index (χ3v) is 3.32. The van der Waals surface area contributed by atoms with Crippen LogP contribution in [0.4, 0.5) is 0 Å². The van der Waals surface area contributed by atoms with E-state index in [2.05, 4.69) is 10.6 Å². The second-order valence-electron chi connectivity index (χ2n) is 4.73. The van der Waals surface area contributed by atoms with Crippen LogP contribution >= 0.6 is 11.6 Å². The van der Waals surface area contributed by atoms with Gasteiger partial charge in [-0.05, 0) is 31.5 Å². The topological polar surface area (TPSA) is 71.3 Å². The Morgan fingerprint density at radius 1 is 1.29 bits per heavy atom. The van der Waals surface area contributed by atoms with Gasteiger partial charge in [0.05, 0.1) is 6.54 Å².